The summed E-state index contributed by atoms with van der Waals surface area (Å²) in [6.45, 7) is 5.13. The van der Waals surface area contributed by atoms with Crippen LogP contribution < -0.4 is 5.32 Å². The smallest absolute Gasteiger partial charge is 0.126 e. The predicted octanol–water partition coefficient (Wildman–Crippen LogP) is 3.62. The highest BCUT2D eigenvalue weighted by molar-refractivity contribution is 5.35. The van der Waals surface area contributed by atoms with Crippen LogP contribution in [0.25, 0.3) is 0 Å². The van der Waals surface area contributed by atoms with Crippen molar-refractivity contribution in [1.29, 1.82) is 0 Å². The first-order chi connectivity index (χ1) is 10.3. The van der Waals surface area contributed by atoms with Gasteiger partial charge in [0.25, 0.3) is 0 Å². The largest absolute Gasteiger partial charge is 0.468 e. The summed E-state index contributed by atoms with van der Waals surface area (Å²) >= 11 is 0. The first-order valence-corrected chi connectivity index (χ1v) is 7.78. The highest BCUT2D eigenvalue weighted by Crippen LogP contribution is 2.25. The van der Waals surface area contributed by atoms with Crippen molar-refractivity contribution < 1.29 is 4.42 Å². The Labute approximate surface area is 126 Å². The van der Waals surface area contributed by atoms with Crippen LogP contribution in [0.2, 0.25) is 0 Å². The number of nitrogens with zero attached hydrogens (tertiary/aromatic N) is 2. The Hall–Kier alpha value is -1.81. The molecule has 4 heteroatoms. The fraction of sp³-hybridized carbons (Fsp3) is 0.471. The number of rotatable bonds is 5. The van der Waals surface area contributed by atoms with Gasteiger partial charge in [0, 0.05) is 12.2 Å². The molecule has 1 aliphatic heterocycles. The van der Waals surface area contributed by atoms with Gasteiger partial charge in [-0.15, -0.1) is 0 Å². The van der Waals surface area contributed by atoms with Crippen LogP contribution in [0.5, 0.6) is 0 Å². The van der Waals surface area contributed by atoms with Gasteiger partial charge in [0.2, 0.25) is 0 Å². The fourth-order valence-corrected chi connectivity index (χ4v) is 2.96. The average Bonchev–Trinajstić information content (AvgIpc) is 3.03. The Kier molecular flexibility index (Phi) is 4.55. The molecule has 1 aliphatic rings. The Morgan fingerprint density at radius 2 is 2.05 bits per heavy atom. The minimum absolute atomic E-state index is 0.280. The van der Waals surface area contributed by atoms with Gasteiger partial charge >= 0.3 is 0 Å². The van der Waals surface area contributed by atoms with Crippen LogP contribution in [0.15, 0.2) is 41.0 Å². The molecule has 3 rings (SSSR count). The highest BCUT2D eigenvalue weighted by atomic mass is 16.3. The quantitative estimate of drug-likeness (QED) is 0.911. The molecular weight excluding hydrogens is 262 g/mol. The van der Waals surface area contributed by atoms with Gasteiger partial charge in [0.15, 0.2) is 0 Å². The first kappa shape index (κ1) is 14.1. The Morgan fingerprint density at radius 3 is 2.76 bits per heavy atom. The van der Waals surface area contributed by atoms with E-state index in [2.05, 4.69) is 21.3 Å². The lowest BCUT2D eigenvalue weighted by molar-refractivity contribution is 0.153. The van der Waals surface area contributed by atoms with Gasteiger partial charge in [-0.2, -0.15) is 0 Å². The number of nitrogens with one attached hydrogen (secondary N) is 1. The summed E-state index contributed by atoms with van der Waals surface area (Å²) in [6.07, 6.45) is 5.66. The zero-order chi connectivity index (χ0) is 14.5. The van der Waals surface area contributed by atoms with Crippen LogP contribution in [-0.2, 0) is 0 Å². The van der Waals surface area contributed by atoms with Crippen LogP contribution in [0.4, 0.5) is 5.82 Å². The van der Waals surface area contributed by atoms with Crippen molar-refractivity contribution in [1.82, 2.24) is 9.88 Å². The predicted molar refractivity (Wildman–Crippen MR) is 84.3 cm³/mol. The molecule has 0 spiro atoms. The lowest BCUT2D eigenvalue weighted by Gasteiger charge is -2.33. The normalized spacial score (nSPS) is 17.6. The fourth-order valence-electron chi connectivity index (χ4n) is 2.96. The highest BCUT2D eigenvalue weighted by Gasteiger charge is 2.24. The average molecular weight is 285 g/mol. The summed E-state index contributed by atoms with van der Waals surface area (Å²) in [4.78, 5) is 7.03. The summed E-state index contributed by atoms with van der Waals surface area (Å²) in [6, 6.07) is 10.4. The van der Waals surface area contributed by atoms with Crippen LogP contribution in [-0.4, -0.2) is 29.5 Å². The van der Waals surface area contributed by atoms with E-state index >= 15 is 0 Å². The standard InChI is InChI=1S/C17H23N3O/c1-14-7-5-9-17(19-14)18-13-15(16-8-6-12-21-16)20-10-3-2-4-11-20/h5-9,12,15H,2-4,10-11,13H2,1H3,(H,18,19). The number of anilines is 1. The molecule has 0 aliphatic carbocycles. The monoisotopic (exact) mass is 285 g/mol. The van der Waals surface area contributed by atoms with Crippen molar-refractivity contribution in [2.45, 2.75) is 32.2 Å². The Balaban J connectivity index is 1.70. The molecule has 4 nitrogen and oxygen atoms in total. The molecule has 0 aromatic carbocycles. The van der Waals surface area contributed by atoms with Gasteiger partial charge in [-0.25, -0.2) is 4.98 Å². The number of pyridine rings is 1. The third-order valence-corrected chi connectivity index (χ3v) is 4.07. The van der Waals surface area contributed by atoms with Crippen LogP contribution in [0, 0.1) is 6.92 Å². The van der Waals surface area contributed by atoms with E-state index in [1.807, 2.05) is 31.2 Å². The second kappa shape index (κ2) is 6.76. The minimum Gasteiger partial charge on any atom is -0.468 e. The Bertz CT molecular complexity index is 547. The zero-order valence-electron chi connectivity index (χ0n) is 12.6. The molecule has 0 saturated carbocycles. The van der Waals surface area contributed by atoms with Crippen molar-refractivity contribution in [2.75, 3.05) is 25.0 Å². The molecule has 1 unspecified atom stereocenters. The third kappa shape index (κ3) is 3.64. The van der Waals surface area contributed by atoms with Gasteiger partial charge in [-0.3, -0.25) is 4.90 Å². The van der Waals surface area contributed by atoms with E-state index < -0.39 is 0 Å². The molecule has 0 bridgehead atoms. The maximum atomic E-state index is 5.66. The molecular formula is C17H23N3O. The van der Waals surface area contributed by atoms with E-state index in [0.717, 1.165) is 36.9 Å². The zero-order valence-corrected chi connectivity index (χ0v) is 12.6. The van der Waals surface area contributed by atoms with Gasteiger partial charge < -0.3 is 9.73 Å². The van der Waals surface area contributed by atoms with Crippen LogP contribution in [0.1, 0.15) is 36.8 Å². The number of likely N-dealkylation sites (tertiary alicyclic amines) is 1. The maximum absolute atomic E-state index is 5.66. The molecule has 1 atom stereocenters. The van der Waals surface area contributed by atoms with E-state index in [1.165, 1.54) is 19.3 Å². The maximum Gasteiger partial charge on any atom is 0.126 e. The van der Waals surface area contributed by atoms with Gasteiger partial charge in [-0.05, 0) is 57.1 Å². The lowest BCUT2D eigenvalue weighted by Crippen LogP contribution is -2.37. The van der Waals surface area contributed by atoms with Crippen molar-refractivity contribution in [2.24, 2.45) is 0 Å². The van der Waals surface area contributed by atoms with Crippen molar-refractivity contribution in [3.8, 4) is 0 Å². The number of hydrogen-bond donors (Lipinski definition) is 1. The van der Waals surface area contributed by atoms with Crippen molar-refractivity contribution >= 4 is 5.82 Å². The second-order valence-electron chi connectivity index (χ2n) is 5.67. The van der Waals surface area contributed by atoms with Gasteiger partial charge in [-0.1, -0.05) is 12.5 Å². The molecule has 21 heavy (non-hydrogen) atoms. The number of piperidine rings is 1. The number of hydrogen-bond acceptors (Lipinski definition) is 4. The summed E-state index contributed by atoms with van der Waals surface area (Å²) in [5.74, 6) is 1.97. The number of aromatic nitrogens is 1. The summed E-state index contributed by atoms with van der Waals surface area (Å²) in [7, 11) is 0. The molecule has 2 aromatic heterocycles. The second-order valence-corrected chi connectivity index (χ2v) is 5.67. The SMILES string of the molecule is Cc1cccc(NCC(c2ccco2)N2CCCCC2)n1. The number of aryl methyl sites for hydroxylation is 1. The van der Waals surface area contributed by atoms with E-state index in [9.17, 15) is 0 Å². The molecule has 1 fully saturated rings. The van der Waals surface area contributed by atoms with E-state index in [1.54, 1.807) is 6.26 Å². The number of furan rings is 1. The van der Waals surface area contributed by atoms with E-state index in [0.29, 0.717) is 0 Å². The summed E-state index contributed by atoms with van der Waals surface area (Å²) < 4.78 is 5.66. The van der Waals surface area contributed by atoms with E-state index in [4.69, 9.17) is 4.42 Å². The van der Waals surface area contributed by atoms with Gasteiger partial charge in [0.05, 0.1) is 12.3 Å². The topological polar surface area (TPSA) is 41.3 Å². The third-order valence-electron chi connectivity index (χ3n) is 4.07. The minimum atomic E-state index is 0.280. The summed E-state index contributed by atoms with van der Waals surface area (Å²) in [5.41, 5.74) is 1.03. The van der Waals surface area contributed by atoms with Crippen molar-refractivity contribution in [3.63, 3.8) is 0 Å². The van der Waals surface area contributed by atoms with E-state index in [-0.39, 0.29) is 6.04 Å². The lowest BCUT2D eigenvalue weighted by atomic mass is 10.1. The molecule has 3 heterocycles. The molecule has 0 amide bonds. The summed E-state index contributed by atoms with van der Waals surface area (Å²) in [5, 5.41) is 3.46. The van der Waals surface area contributed by atoms with Crippen LogP contribution in [0.3, 0.4) is 0 Å². The van der Waals surface area contributed by atoms with Gasteiger partial charge in [0.1, 0.15) is 11.6 Å². The molecule has 112 valence electrons. The molecule has 2 aromatic rings. The van der Waals surface area contributed by atoms with Crippen molar-refractivity contribution in [3.05, 3.63) is 48.0 Å². The molecule has 1 saturated heterocycles. The molecule has 0 radical (unpaired) electrons. The van der Waals surface area contributed by atoms with Crippen LogP contribution >= 0.6 is 0 Å². The first-order valence-electron chi connectivity index (χ1n) is 7.78. The molecule has 1 N–H and O–H groups in total. The Morgan fingerprint density at radius 1 is 1.19 bits per heavy atom.